The molecule has 0 fully saturated rings. The summed E-state index contributed by atoms with van der Waals surface area (Å²) in [6.45, 7) is 0. The highest BCUT2D eigenvalue weighted by Gasteiger charge is 2.06. The molecule has 92 valence electrons. The zero-order chi connectivity index (χ0) is 12.7. The molecule has 1 aromatic carbocycles. The van der Waals surface area contributed by atoms with E-state index in [-0.39, 0.29) is 0 Å². The summed E-state index contributed by atoms with van der Waals surface area (Å²) < 4.78 is 10.4. The van der Waals surface area contributed by atoms with E-state index in [1.165, 1.54) is 0 Å². The van der Waals surface area contributed by atoms with Crippen LogP contribution < -0.4 is 20.2 Å². The normalized spacial score (nSPS) is 10.1. The number of thiocarbonyl (C=S) groups is 1. The second-order valence-corrected chi connectivity index (χ2v) is 3.44. The maximum Gasteiger partial charge on any atom is 0.186 e. The first-order valence-corrected chi connectivity index (χ1v) is 5.35. The van der Waals surface area contributed by atoms with E-state index in [2.05, 4.69) is 15.8 Å². The van der Waals surface area contributed by atoms with Crippen molar-refractivity contribution in [1.82, 2.24) is 10.7 Å². The maximum atomic E-state index is 5.26. The highest BCUT2D eigenvalue weighted by molar-refractivity contribution is 7.80. The molecule has 0 saturated heterocycles. The Bertz CT molecular complexity index is 421. The lowest BCUT2D eigenvalue weighted by Gasteiger charge is -2.09. The van der Waals surface area contributed by atoms with E-state index in [0.717, 1.165) is 5.56 Å². The predicted octanol–water partition coefficient (Wildman–Crippen LogP) is 1.13. The quantitative estimate of drug-likeness (QED) is 0.478. The van der Waals surface area contributed by atoms with E-state index >= 15 is 0 Å². The summed E-state index contributed by atoms with van der Waals surface area (Å²) >= 11 is 4.89. The van der Waals surface area contributed by atoms with Crippen LogP contribution in [0.4, 0.5) is 0 Å². The third kappa shape index (κ3) is 3.60. The van der Waals surface area contributed by atoms with Gasteiger partial charge in [0, 0.05) is 12.6 Å². The van der Waals surface area contributed by atoms with E-state index in [1.54, 1.807) is 27.5 Å². The van der Waals surface area contributed by atoms with Crippen molar-refractivity contribution in [2.24, 2.45) is 5.10 Å². The number of para-hydroxylation sites is 1. The van der Waals surface area contributed by atoms with Crippen LogP contribution in [0.1, 0.15) is 5.56 Å². The third-order valence-corrected chi connectivity index (χ3v) is 2.33. The fourth-order valence-corrected chi connectivity index (χ4v) is 1.28. The zero-order valence-electron chi connectivity index (χ0n) is 9.98. The molecule has 0 radical (unpaired) electrons. The molecule has 0 saturated carbocycles. The smallest absolute Gasteiger partial charge is 0.186 e. The fourth-order valence-electron chi connectivity index (χ4n) is 1.23. The lowest BCUT2D eigenvalue weighted by Crippen LogP contribution is -2.28. The minimum atomic E-state index is 0.447. The van der Waals surface area contributed by atoms with Gasteiger partial charge in [-0.25, -0.2) is 0 Å². The number of ether oxygens (including phenoxy) is 2. The summed E-state index contributed by atoms with van der Waals surface area (Å²) in [6, 6.07) is 5.55. The predicted molar refractivity (Wildman–Crippen MR) is 71.9 cm³/mol. The Morgan fingerprint density at radius 2 is 2.12 bits per heavy atom. The van der Waals surface area contributed by atoms with Crippen molar-refractivity contribution in [3.05, 3.63) is 23.8 Å². The fraction of sp³-hybridized carbons (Fsp3) is 0.273. The van der Waals surface area contributed by atoms with Gasteiger partial charge in [-0.1, -0.05) is 6.07 Å². The van der Waals surface area contributed by atoms with Gasteiger partial charge in [0.25, 0.3) is 0 Å². The lowest BCUT2D eigenvalue weighted by atomic mass is 10.2. The molecule has 2 N–H and O–H groups in total. The molecule has 1 rings (SSSR count). The van der Waals surface area contributed by atoms with E-state index in [1.807, 2.05) is 18.2 Å². The number of nitrogens with zero attached hydrogens (tertiary/aromatic N) is 1. The average molecular weight is 253 g/mol. The van der Waals surface area contributed by atoms with E-state index < -0.39 is 0 Å². The molecule has 0 aliphatic heterocycles. The van der Waals surface area contributed by atoms with Crippen LogP contribution >= 0.6 is 12.2 Å². The van der Waals surface area contributed by atoms with Gasteiger partial charge in [-0.2, -0.15) is 5.10 Å². The number of hydrogen-bond acceptors (Lipinski definition) is 4. The second kappa shape index (κ2) is 6.70. The first-order chi connectivity index (χ1) is 8.22. The van der Waals surface area contributed by atoms with Crippen LogP contribution in [0.3, 0.4) is 0 Å². The number of hydrogen-bond donors (Lipinski definition) is 2. The topological polar surface area (TPSA) is 54.9 Å². The van der Waals surface area contributed by atoms with Gasteiger partial charge >= 0.3 is 0 Å². The molecule has 0 unspecified atom stereocenters. The van der Waals surface area contributed by atoms with E-state index in [0.29, 0.717) is 16.6 Å². The zero-order valence-corrected chi connectivity index (χ0v) is 10.8. The Kier molecular flexibility index (Phi) is 5.22. The summed E-state index contributed by atoms with van der Waals surface area (Å²) in [5, 5.41) is 7.18. The molecule has 6 heteroatoms. The Morgan fingerprint density at radius 3 is 2.71 bits per heavy atom. The highest BCUT2D eigenvalue weighted by atomic mass is 32.1. The Hall–Kier alpha value is -1.82. The first-order valence-electron chi connectivity index (χ1n) is 4.94. The summed E-state index contributed by atoms with van der Waals surface area (Å²) in [7, 11) is 4.89. The number of nitrogens with one attached hydrogen (secondary N) is 2. The SMILES string of the molecule is CNC(=S)N/N=C\c1cccc(OC)c1OC. The van der Waals surface area contributed by atoms with Gasteiger partial charge in [-0.3, -0.25) is 5.43 Å². The van der Waals surface area contributed by atoms with Gasteiger partial charge in [0.2, 0.25) is 0 Å². The first kappa shape index (κ1) is 13.2. The van der Waals surface area contributed by atoms with E-state index in [9.17, 15) is 0 Å². The molecule has 17 heavy (non-hydrogen) atoms. The van der Waals surface area contributed by atoms with Crippen LogP contribution in [0, 0.1) is 0 Å². The largest absolute Gasteiger partial charge is 0.493 e. The van der Waals surface area contributed by atoms with Crippen LogP contribution in [0.5, 0.6) is 11.5 Å². The van der Waals surface area contributed by atoms with Gasteiger partial charge in [-0.15, -0.1) is 0 Å². The van der Waals surface area contributed by atoms with Crippen molar-refractivity contribution < 1.29 is 9.47 Å². The summed E-state index contributed by atoms with van der Waals surface area (Å²) in [5.74, 6) is 1.29. The molecule has 0 spiro atoms. The monoisotopic (exact) mass is 253 g/mol. The highest BCUT2D eigenvalue weighted by Crippen LogP contribution is 2.29. The maximum absolute atomic E-state index is 5.26. The van der Waals surface area contributed by atoms with Crippen LogP contribution in [0.25, 0.3) is 0 Å². The average Bonchev–Trinajstić information content (AvgIpc) is 2.37. The number of hydrazone groups is 1. The Labute approximate surface area is 106 Å². The number of rotatable bonds is 4. The van der Waals surface area contributed by atoms with Crippen molar-refractivity contribution in [3.63, 3.8) is 0 Å². The van der Waals surface area contributed by atoms with Crippen molar-refractivity contribution in [2.75, 3.05) is 21.3 Å². The van der Waals surface area contributed by atoms with Crippen molar-refractivity contribution >= 4 is 23.5 Å². The van der Waals surface area contributed by atoms with Crippen LogP contribution in [-0.2, 0) is 0 Å². The van der Waals surface area contributed by atoms with Gasteiger partial charge in [0.1, 0.15) is 0 Å². The molecule has 5 nitrogen and oxygen atoms in total. The van der Waals surface area contributed by atoms with Crippen molar-refractivity contribution in [1.29, 1.82) is 0 Å². The van der Waals surface area contributed by atoms with Gasteiger partial charge in [0.05, 0.1) is 20.4 Å². The molecule has 0 heterocycles. The summed E-state index contributed by atoms with van der Waals surface area (Å²) in [6.07, 6.45) is 1.62. The molecule has 0 atom stereocenters. The van der Waals surface area contributed by atoms with Crippen molar-refractivity contribution in [2.45, 2.75) is 0 Å². The van der Waals surface area contributed by atoms with Gasteiger partial charge in [0.15, 0.2) is 16.6 Å². The van der Waals surface area contributed by atoms with Crippen LogP contribution in [0.2, 0.25) is 0 Å². The molecule has 1 aromatic rings. The lowest BCUT2D eigenvalue weighted by molar-refractivity contribution is 0.354. The molecule has 0 aliphatic carbocycles. The third-order valence-electron chi connectivity index (χ3n) is 2.03. The molecule has 0 bridgehead atoms. The Balaban J connectivity index is 2.86. The number of methoxy groups -OCH3 is 2. The Morgan fingerprint density at radius 1 is 1.35 bits per heavy atom. The summed E-state index contributed by atoms with van der Waals surface area (Å²) in [5.41, 5.74) is 3.47. The van der Waals surface area contributed by atoms with Gasteiger partial charge < -0.3 is 14.8 Å². The standard InChI is InChI=1S/C11H15N3O2S/c1-12-11(17)14-13-7-8-5-4-6-9(15-2)10(8)16-3/h4-7H,1-3H3,(H2,12,14,17)/b13-7-. The minimum Gasteiger partial charge on any atom is -0.493 e. The molecule has 0 aromatic heterocycles. The molecular weight excluding hydrogens is 238 g/mol. The summed E-state index contributed by atoms with van der Waals surface area (Å²) in [4.78, 5) is 0. The van der Waals surface area contributed by atoms with E-state index in [4.69, 9.17) is 21.7 Å². The number of benzene rings is 1. The minimum absolute atomic E-state index is 0.447. The van der Waals surface area contributed by atoms with Gasteiger partial charge in [-0.05, 0) is 24.4 Å². The van der Waals surface area contributed by atoms with Crippen LogP contribution in [0.15, 0.2) is 23.3 Å². The van der Waals surface area contributed by atoms with Crippen LogP contribution in [-0.4, -0.2) is 32.6 Å². The van der Waals surface area contributed by atoms with Crippen molar-refractivity contribution in [3.8, 4) is 11.5 Å². The molecular formula is C11H15N3O2S. The molecule has 0 amide bonds. The second-order valence-electron chi connectivity index (χ2n) is 3.03. The molecule has 0 aliphatic rings.